The molecule has 1 aliphatic rings. The van der Waals surface area contributed by atoms with Crippen LogP contribution in [0.4, 0.5) is 4.39 Å². The summed E-state index contributed by atoms with van der Waals surface area (Å²) in [6.07, 6.45) is 5.68. The van der Waals surface area contributed by atoms with Crippen LogP contribution in [0.25, 0.3) is 0 Å². The fourth-order valence-electron chi connectivity index (χ4n) is 2.22. The van der Waals surface area contributed by atoms with Gasteiger partial charge in [-0.1, -0.05) is 18.6 Å². The molecule has 0 unspecified atom stereocenters. The molecule has 0 heterocycles. The molecule has 0 amide bonds. The molecule has 1 fully saturated rings. The van der Waals surface area contributed by atoms with E-state index in [0.29, 0.717) is 5.56 Å². The standard InChI is InChI=1S/C14H17FO2/c15-12-6-4-5-11(9-12)10-14(16)17-13-7-2-1-3-8-13/h4-6,9,13H,1-3,7-8,10H2. The van der Waals surface area contributed by atoms with Crippen LogP contribution in [0.15, 0.2) is 24.3 Å². The zero-order valence-corrected chi connectivity index (χ0v) is 9.82. The van der Waals surface area contributed by atoms with Gasteiger partial charge in [-0.2, -0.15) is 0 Å². The highest BCUT2D eigenvalue weighted by atomic mass is 19.1. The minimum Gasteiger partial charge on any atom is -0.462 e. The lowest BCUT2D eigenvalue weighted by Crippen LogP contribution is -2.21. The number of halogens is 1. The Morgan fingerprint density at radius 1 is 1.29 bits per heavy atom. The number of hydrogen-bond donors (Lipinski definition) is 0. The molecule has 2 nitrogen and oxygen atoms in total. The van der Waals surface area contributed by atoms with Gasteiger partial charge >= 0.3 is 5.97 Å². The lowest BCUT2D eigenvalue weighted by molar-refractivity contribution is -0.149. The van der Waals surface area contributed by atoms with Gasteiger partial charge in [-0.3, -0.25) is 4.79 Å². The third-order valence-electron chi connectivity index (χ3n) is 3.09. The van der Waals surface area contributed by atoms with E-state index in [4.69, 9.17) is 4.74 Å². The van der Waals surface area contributed by atoms with Crippen LogP contribution < -0.4 is 0 Å². The van der Waals surface area contributed by atoms with Crippen molar-refractivity contribution >= 4 is 5.97 Å². The second-order valence-corrected chi connectivity index (χ2v) is 4.56. The van der Waals surface area contributed by atoms with Crippen LogP contribution in [0.2, 0.25) is 0 Å². The van der Waals surface area contributed by atoms with Gasteiger partial charge in [-0.15, -0.1) is 0 Å². The van der Waals surface area contributed by atoms with Crippen molar-refractivity contribution in [2.75, 3.05) is 0 Å². The predicted octanol–water partition coefficient (Wildman–Crippen LogP) is 3.24. The average molecular weight is 236 g/mol. The fourth-order valence-corrected chi connectivity index (χ4v) is 2.22. The second kappa shape index (κ2) is 5.80. The van der Waals surface area contributed by atoms with E-state index in [2.05, 4.69) is 0 Å². The molecule has 92 valence electrons. The van der Waals surface area contributed by atoms with Crippen molar-refractivity contribution in [3.63, 3.8) is 0 Å². The van der Waals surface area contributed by atoms with E-state index in [1.807, 2.05) is 0 Å². The van der Waals surface area contributed by atoms with Crippen LogP contribution in [0.3, 0.4) is 0 Å². The van der Waals surface area contributed by atoms with E-state index in [1.165, 1.54) is 18.6 Å². The minimum absolute atomic E-state index is 0.0739. The molecule has 0 atom stereocenters. The molecule has 0 radical (unpaired) electrons. The smallest absolute Gasteiger partial charge is 0.310 e. The Balaban J connectivity index is 1.84. The first-order chi connectivity index (χ1) is 8.24. The third-order valence-corrected chi connectivity index (χ3v) is 3.09. The molecule has 0 aromatic heterocycles. The van der Waals surface area contributed by atoms with Gasteiger partial charge in [0.2, 0.25) is 0 Å². The van der Waals surface area contributed by atoms with Gasteiger partial charge in [0.15, 0.2) is 0 Å². The maximum atomic E-state index is 12.9. The summed E-state index contributed by atoms with van der Waals surface area (Å²) >= 11 is 0. The third kappa shape index (κ3) is 3.84. The van der Waals surface area contributed by atoms with Crippen LogP contribution in [-0.4, -0.2) is 12.1 Å². The Bertz CT molecular complexity index is 384. The van der Waals surface area contributed by atoms with Gasteiger partial charge in [-0.05, 0) is 43.4 Å². The normalized spacial score (nSPS) is 16.8. The molecule has 1 aromatic rings. The Kier molecular flexibility index (Phi) is 4.13. The summed E-state index contributed by atoms with van der Waals surface area (Å²) in [5.41, 5.74) is 0.672. The van der Waals surface area contributed by atoms with Crippen molar-refractivity contribution < 1.29 is 13.9 Å². The summed E-state index contributed by atoms with van der Waals surface area (Å²) < 4.78 is 18.3. The van der Waals surface area contributed by atoms with E-state index in [1.54, 1.807) is 12.1 Å². The fraction of sp³-hybridized carbons (Fsp3) is 0.500. The van der Waals surface area contributed by atoms with Gasteiger partial charge in [-0.25, -0.2) is 4.39 Å². The van der Waals surface area contributed by atoms with Crippen LogP contribution in [0, 0.1) is 5.82 Å². The van der Waals surface area contributed by atoms with Crippen LogP contribution in [0.5, 0.6) is 0 Å². The van der Waals surface area contributed by atoms with Crippen LogP contribution >= 0.6 is 0 Å². The summed E-state index contributed by atoms with van der Waals surface area (Å²) in [6.45, 7) is 0. The van der Waals surface area contributed by atoms with Crippen molar-refractivity contribution in [3.05, 3.63) is 35.6 Å². The molecule has 3 heteroatoms. The molecule has 0 N–H and O–H groups in total. The van der Waals surface area contributed by atoms with Gasteiger partial charge < -0.3 is 4.74 Å². The zero-order chi connectivity index (χ0) is 12.1. The summed E-state index contributed by atoms with van der Waals surface area (Å²) in [7, 11) is 0. The minimum atomic E-state index is -0.312. The first-order valence-corrected chi connectivity index (χ1v) is 6.18. The highest BCUT2D eigenvalue weighted by Crippen LogP contribution is 2.20. The maximum Gasteiger partial charge on any atom is 0.310 e. The van der Waals surface area contributed by atoms with Crippen molar-refractivity contribution in [3.8, 4) is 0 Å². The van der Waals surface area contributed by atoms with Gasteiger partial charge in [0.05, 0.1) is 6.42 Å². The number of carbonyl (C=O) groups excluding carboxylic acids is 1. The molecule has 0 saturated heterocycles. The highest BCUT2D eigenvalue weighted by Gasteiger charge is 2.17. The molecule has 1 aliphatic carbocycles. The zero-order valence-electron chi connectivity index (χ0n) is 9.82. The molecule has 0 aliphatic heterocycles. The number of hydrogen-bond acceptors (Lipinski definition) is 2. The van der Waals surface area contributed by atoms with Crippen molar-refractivity contribution in [2.45, 2.75) is 44.6 Å². The SMILES string of the molecule is O=C(Cc1cccc(F)c1)OC1CCCCC1. The largest absolute Gasteiger partial charge is 0.462 e. The lowest BCUT2D eigenvalue weighted by atomic mass is 9.98. The first kappa shape index (κ1) is 12.1. The highest BCUT2D eigenvalue weighted by molar-refractivity contribution is 5.72. The van der Waals surface area contributed by atoms with Gasteiger partial charge in [0.1, 0.15) is 11.9 Å². The number of rotatable bonds is 3. The lowest BCUT2D eigenvalue weighted by Gasteiger charge is -2.21. The Morgan fingerprint density at radius 3 is 2.76 bits per heavy atom. The molecule has 2 rings (SSSR count). The van der Waals surface area contributed by atoms with E-state index in [9.17, 15) is 9.18 Å². The van der Waals surface area contributed by atoms with E-state index < -0.39 is 0 Å². The van der Waals surface area contributed by atoms with Gasteiger partial charge in [0, 0.05) is 0 Å². The average Bonchev–Trinajstić information content (AvgIpc) is 2.30. The molecule has 0 bridgehead atoms. The molecular weight excluding hydrogens is 219 g/mol. The van der Waals surface area contributed by atoms with E-state index in [0.717, 1.165) is 25.7 Å². The first-order valence-electron chi connectivity index (χ1n) is 6.18. The Hall–Kier alpha value is -1.38. The van der Waals surface area contributed by atoms with Crippen LogP contribution in [0.1, 0.15) is 37.7 Å². The molecule has 1 saturated carbocycles. The van der Waals surface area contributed by atoms with Crippen molar-refractivity contribution in [1.29, 1.82) is 0 Å². The topological polar surface area (TPSA) is 26.3 Å². The monoisotopic (exact) mass is 236 g/mol. The molecule has 17 heavy (non-hydrogen) atoms. The number of esters is 1. The summed E-state index contributed by atoms with van der Waals surface area (Å²) in [4.78, 5) is 11.6. The number of carbonyl (C=O) groups is 1. The van der Waals surface area contributed by atoms with Crippen molar-refractivity contribution in [1.82, 2.24) is 0 Å². The quantitative estimate of drug-likeness (QED) is 0.753. The Labute approximate surface area is 101 Å². The van der Waals surface area contributed by atoms with Crippen molar-refractivity contribution in [2.24, 2.45) is 0 Å². The summed E-state index contributed by atoms with van der Waals surface area (Å²) in [5.74, 6) is -0.560. The molecule has 1 aromatic carbocycles. The molecule has 0 spiro atoms. The van der Waals surface area contributed by atoms with Crippen LogP contribution in [-0.2, 0) is 16.0 Å². The molecular formula is C14H17FO2. The van der Waals surface area contributed by atoms with E-state index in [-0.39, 0.29) is 24.3 Å². The summed E-state index contributed by atoms with van der Waals surface area (Å²) in [6, 6.07) is 6.10. The predicted molar refractivity (Wildman–Crippen MR) is 63.1 cm³/mol. The van der Waals surface area contributed by atoms with E-state index >= 15 is 0 Å². The number of ether oxygens (including phenoxy) is 1. The van der Waals surface area contributed by atoms with Gasteiger partial charge in [0.25, 0.3) is 0 Å². The second-order valence-electron chi connectivity index (χ2n) is 4.56. The maximum absolute atomic E-state index is 12.9. The summed E-state index contributed by atoms with van der Waals surface area (Å²) in [5, 5.41) is 0. The Morgan fingerprint density at radius 2 is 2.06 bits per heavy atom. The number of benzene rings is 1.